The van der Waals surface area contributed by atoms with Crippen molar-refractivity contribution in [2.75, 3.05) is 6.79 Å². The van der Waals surface area contributed by atoms with Gasteiger partial charge in [-0.25, -0.2) is 4.98 Å². The van der Waals surface area contributed by atoms with Crippen molar-refractivity contribution in [1.82, 2.24) is 14.7 Å². The van der Waals surface area contributed by atoms with Gasteiger partial charge in [0.15, 0.2) is 17.1 Å². The van der Waals surface area contributed by atoms with Crippen LogP contribution in [0, 0.1) is 0 Å². The molecule has 1 N–H and O–H groups in total. The number of aromatic nitrogens is 2. The molecule has 0 bridgehead atoms. The third-order valence-corrected chi connectivity index (χ3v) is 4.67. The lowest BCUT2D eigenvalue weighted by Gasteiger charge is -2.10. The number of fused-ring (bicyclic) bond motifs is 3. The largest absolute Gasteiger partial charge is 0.454 e. The van der Waals surface area contributed by atoms with Gasteiger partial charge < -0.3 is 14.8 Å². The highest BCUT2D eigenvalue weighted by atomic mass is 16.7. The molecule has 0 saturated carbocycles. The van der Waals surface area contributed by atoms with E-state index in [0.717, 1.165) is 5.56 Å². The molecule has 0 radical (unpaired) electrons. The predicted molar refractivity (Wildman–Crippen MR) is 103 cm³/mol. The lowest BCUT2D eigenvalue weighted by Crippen LogP contribution is -2.25. The zero-order valence-corrected chi connectivity index (χ0v) is 14.7. The second-order valence-electron chi connectivity index (χ2n) is 6.42. The summed E-state index contributed by atoms with van der Waals surface area (Å²) >= 11 is 0. The summed E-state index contributed by atoms with van der Waals surface area (Å²) in [5.41, 5.74) is 1.80. The van der Waals surface area contributed by atoms with Crippen LogP contribution < -0.4 is 20.3 Å². The number of benzene rings is 2. The minimum Gasteiger partial charge on any atom is -0.454 e. The van der Waals surface area contributed by atoms with Crippen LogP contribution >= 0.6 is 0 Å². The van der Waals surface area contributed by atoms with E-state index in [0.29, 0.717) is 40.2 Å². The molecule has 28 heavy (non-hydrogen) atoms. The molecule has 0 atom stereocenters. The summed E-state index contributed by atoms with van der Waals surface area (Å²) in [5.74, 6) is 0.756. The quantitative estimate of drug-likeness (QED) is 0.558. The van der Waals surface area contributed by atoms with Gasteiger partial charge in [-0.3, -0.25) is 14.0 Å². The standard InChI is InChI=1S/C21H15N3O4/c25-20(22-11-13-5-2-1-3-6-13)14-7-4-8-24-19(14)23-16-10-18-17(27-12-28-18)9-15(16)21(24)26/h1-10H,11-12H2,(H,22,25). The molecule has 5 rings (SSSR count). The molecule has 0 spiro atoms. The van der Waals surface area contributed by atoms with Gasteiger partial charge in [-0.2, -0.15) is 0 Å². The van der Waals surface area contributed by atoms with Gasteiger partial charge in [0, 0.05) is 18.8 Å². The summed E-state index contributed by atoms with van der Waals surface area (Å²) in [7, 11) is 0. The van der Waals surface area contributed by atoms with Crippen LogP contribution in [-0.4, -0.2) is 22.1 Å². The van der Waals surface area contributed by atoms with Gasteiger partial charge in [-0.15, -0.1) is 0 Å². The first-order valence-electron chi connectivity index (χ1n) is 8.77. The lowest BCUT2D eigenvalue weighted by atomic mass is 10.2. The molecule has 0 fully saturated rings. The molecule has 1 aliphatic rings. The van der Waals surface area contributed by atoms with Crippen molar-refractivity contribution in [3.8, 4) is 11.5 Å². The maximum Gasteiger partial charge on any atom is 0.265 e. The number of carbonyl (C=O) groups is 1. The fourth-order valence-corrected chi connectivity index (χ4v) is 3.27. The van der Waals surface area contributed by atoms with Gasteiger partial charge in [0.1, 0.15) is 0 Å². The van der Waals surface area contributed by atoms with E-state index in [-0.39, 0.29) is 18.3 Å². The molecule has 4 aromatic rings. The van der Waals surface area contributed by atoms with Crippen LogP contribution in [0.15, 0.2) is 65.6 Å². The molecular formula is C21H15N3O4. The van der Waals surface area contributed by atoms with Gasteiger partial charge in [0.25, 0.3) is 11.5 Å². The van der Waals surface area contributed by atoms with Crippen molar-refractivity contribution < 1.29 is 14.3 Å². The van der Waals surface area contributed by atoms with Crippen molar-refractivity contribution in [3.63, 3.8) is 0 Å². The summed E-state index contributed by atoms with van der Waals surface area (Å²) in [6.07, 6.45) is 1.60. The smallest absolute Gasteiger partial charge is 0.265 e. The summed E-state index contributed by atoms with van der Waals surface area (Å²) in [6, 6.07) is 16.2. The first-order valence-corrected chi connectivity index (χ1v) is 8.77. The van der Waals surface area contributed by atoms with Crippen LogP contribution in [0.5, 0.6) is 11.5 Å². The Kier molecular flexibility index (Phi) is 3.72. The van der Waals surface area contributed by atoms with Crippen molar-refractivity contribution in [2.24, 2.45) is 0 Å². The highest BCUT2D eigenvalue weighted by Gasteiger charge is 2.19. The number of hydrogen-bond donors (Lipinski definition) is 1. The number of nitrogens with one attached hydrogen (secondary N) is 1. The molecule has 0 aliphatic carbocycles. The topological polar surface area (TPSA) is 81.9 Å². The molecule has 1 amide bonds. The second kappa shape index (κ2) is 6.38. The van der Waals surface area contributed by atoms with E-state index in [2.05, 4.69) is 10.3 Å². The Labute approximate surface area is 159 Å². The first-order chi connectivity index (χ1) is 13.7. The van der Waals surface area contributed by atoms with Gasteiger partial charge in [0.2, 0.25) is 6.79 Å². The molecule has 1 aliphatic heterocycles. The zero-order chi connectivity index (χ0) is 19.1. The van der Waals surface area contributed by atoms with Gasteiger partial charge in [-0.05, 0) is 23.8 Å². The molecule has 0 saturated heterocycles. The third kappa shape index (κ3) is 2.64. The molecule has 2 aromatic carbocycles. The molecule has 7 nitrogen and oxygen atoms in total. The number of hydrogen-bond acceptors (Lipinski definition) is 5. The SMILES string of the molecule is O=C(NCc1ccccc1)c1cccn2c(=O)c3cc4c(cc3nc12)OCO4. The minimum absolute atomic E-state index is 0.111. The van der Waals surface area contributed by atoms with E-state index in [1.165, 1.54) is 4.40 Å². The highest BCUT2D eigenvalue weighted by molar-refractivity contribution is 6.00. The Morgan fingerprint density at radius 1 is 1.07 bits per heavy atom. The lowest BCUT2D eigenvalue weighted by molar-refractivity contribution is 0.0952. The fraction of sp³-hybridized carbons (Fsp3) is 0.0952. The van der Waals surface area contributed by atoms with E-state index >= 15 is 0 Å². The first kappa shape index (κ1) is 16.3. The van der Waals surface area contributed by atoms with Crippen molar-refractivity contribution in [1.29, 1.82) is 0 Å². The minimum atomic E-state index is -0.297. The molecule has 3 heterocycles. The molecule has 138 valence electrons. The van der Waals surface area contributed by atoms with Crippen molar-refractivity contribution in [3.05, 3.63) is 82.3 Å². The average molecular weight is 373 g/mol. The summed E-state index contributed by atoms with van der Waals surface area (Å²) < 4.78 is 12.1. The monoisotopic (exact) mass is 373 g/mol. The predicted octanol–water partition coefficient (Wildman–Crippen LogP) is 2.51. The second-order valence-corrected chi connectivity index (χ2v) is 6.42. The summed E-state index contributed by atoms with van der Waals surface area (Å²) in [5, 5.41) is 3.28. The van der Waals surface area contributed by atoms with E-state index in [1.807, 2.05) is 30.3 Å². The van der Waals surface area contributed by atoms with Crippen molar-refractivity contribution >= 4 is 22.5 Å². The normalized spacial score (nSPS) is 12.4. The van der Waals surface area contributed by atoms with Crippen LogP contribution in [0.4, 0.5) is 0 Å². The van der Waals surface area contributed by atoms with Gasteiger partial charge in [0.05, 0.1) is 16.5 Å². The Bertz CT molecular complexity index is 1280. The van der Waals surface area contributed by atoms with E-state index in [1.54, 1.807) is 30.5 Å². The molecular weight excluding hydrogens is 358 g/mol. The van der Waals surface area contributed by atoms with E-state index < -0.39 is 0 Å². The van der Waals surface area contributed by atoms with E-state index in [9.17, 15) is 9.59 Å². The molecule has 7 heteroatoms. The third-order valence-electron chi connectivity index (χ3n) is 4.67. The summed E-state index contributed by atoms with van der Waals surface area (Å²) in [6.45, 7) is 0.497. The number of nitrogens with zero attached hydrogens (tertiary/aromatic N) is 2. The van der Waals surface area contributed by atoms with Crippen LogP contribution in [0.3, 0.4) is 0 Å². The Hall–Kier alpha value is -3.87. The number of amides is 1. The van der Waals surface area contributed by atoms with Gasteiger partial charge in [-0.1, -0.05) is 30.3 Å². The number of pyridine rings is 1. The maximum absolute atomic E-state index is 12.9. The number of rotatable bonds is 3. The van der Waals surface area contributed by atoms with Crippen LogP contribution in [0.1, 0.15) is 15.9 Å². The molecule has 0 unspecified atom stereocenters. The zero-order valence-electron chi connectivity index (χ0n) is 14.7. The fourth-order valence-electron chi connectivity index (χ4n) is 3.27. The Morgan fingerprint density at radius 3 is 2.68 bits per heavy atom. The van der Waals surface area contributed by atoms with Crippen LogP contribution in [0.2, 0.25) is 0 Å². The maximum atomic E-state index is 12.9. The number of carbonyl (C=O) groups excluding carboxylic acids is 1. The van der Waals surface area contributed by atoms with Crippen molar-refractivity contribution in [2.45, 2.75) is 6.54 Å². The van der Waals surface area contributed by atoms with E-state index in [4.69, 9.17) is 9.47 Å². The Balaban J connectivity index is 1.59. The Morgan fingerprint density at radius 2 is 1.86 bits per heavy atom. The molecule has 2 aromatic heterocycles. The van der Waals surface area contributed by atoms with Gasteiger partial charge >= 0.3 is 0 Å². The number of ether oxygens (including phenoxy) is 2. The van der Waals surface area contributed by atoms with Crippen LogP contribution in [-0.2, 0) is 6.54 Å². The average Bonchev–Trinajstić information content (AvgIpc) is 3.19. The van der Waals surface area contributed by atoms with Crippen LogP contribution in [0.25, 0.3) is 16.6 Å². The highest BCUT2D eigenvalue weighted by Crippen LogP contribution is 2.34. The summed E-state index contributed by atoms with van der Waals surface area (Å²) in [4.78, 5) is 30.3.